The summed E-state index contributed by atoms with van der Waals surface area (Å²) in [6, 6.07) is 11.7. The minimum Gasteiger partial charge on any atom is -0.497 e. The van der Waals surface area contributed by atoms with E-state index in [4.69, 9.17) is 9.47 Å². The van der Waals surface area contributed by atoms with Gasteiger partial charge in [0.05, 0.1) is 18.2 Å². The Hall–Kier alpha value is -4.10. The number of nitrogens with zero attached hydrogens (tertiary/aromatic N) is 4. The molecule has 8 rings (SSSR count). The summed E-state index contributed by atoms with van der Waals surface area (Å²) in [4.78, 5) is 45.2. The van der Waals surface area contributed by atoms with E-state index in [0.717, 1.165) is 65.6 Å². The zero-order chi connectivity index (χ0) is 37.3. The van der Waals surface area contributed by atoms with Crippen LogP contribution in [0.5, 0.6) is 5.75 Å². The maximum absolute atomic E-state index is 15.0. The molecular weight excluding hydrogens is 695 g/mol. The van der Waals surface area contributed by atoms with Crippen LogP contribution in [-0.4, -0.2) is 97.0 Å². The number of benzene rings is 2. The van der Waals surface area contributed by atoms with Gasteiger partial charge in [-0.1, -0.05) is 25.3 Å². The first-order valence-corrected chi connectivity index (χ1v) is 20.7. The smallest absolute Gasteiger partial charge is 0.410 e. The number of hydrogen-bond donors (Lipinski definition) is 1. The number of fused-ring (bicyclic) bond motifs is 7. The van der Waals surface area contributed by atoms with Gasteiger partial charge in [-0.2, -0.15) is 12.7 Å². The van der Waals surface area contributed by atoms with Crippen LogP contribution in [0, 0.1) is 5.41 Å². The fraction of sp³-hybridized carbons (Fsp3) is 0.575. The van der Waals surface area contributed by atoms with Crippen LogP contribution in [-0.2, 0) is 26.3 Å². The normalized spacial score (nSPS) is 23.5. The Bertz CT molecular complexity index is 2080. The fourth-order valence-electron chi connectivity index (χ4n) is 9.13. The fourth-order valence-corrected chi connectivity index (χ4v) is 10.4. The maximum Gasteiger partial charge on any atom is 0.410 e. The van der Waals surface area contributed by atoms with Crippen molar-refractivity contribution >= 4 is 39.0 Å². The van der Waals surface area contributed by atoms with Crippen molar-refractivity contribution in [2.24, 2.45) is 5.41 Å². The van der Waals surface area contributed by atoms with Crippen molar-refractivity contribution in [3.8, 4) is 17.0 Å². The van der Waals surface area contributed by atoms with E-state index in [1.807, 2.05) is 43.9 Å². The molecule has 5 aliphatic rings. The van der Waals surface area contributed by atoms with Gasteiger partial charge in [0.15, 0.2) is 0 Å². The van der Waals surface area contributed by atoms with Crippen LogP contribution in [0.2, 0.25) is 0 Å². The molecule has 2 atom stereocenters. The number of methoxy groups -OCH3 is 1. The molecule has 0 bridgehead atoms. The number of aromatic nitrogens is 1. The topological polar surface area (TPSA) is 130 Å². The monoisotopic (exact) mass is 745 g/mol. The number of ether oxygens (including phenoxy) is 2. The Balaban J connectivity index is 1.21. The van der Waals surface area contributed by atoms with E-state index < -0.39 is 27.1 Å². The highest BCUT2D eigenvalue weighted by Crippen LogP contribution is 2.66. The van der Waals surface area contributed by atoms with Crippen molar-refractivity contribution in [3.05, 3.63) is 53.1 Å². The van der Waals surface area contributed by atoms with E-state index in [2.05, 4.69) is 21.4 Å². The molecule has 0 radical (unpaired) electrons. The number of rotatable bonds is 6. The first-order chi connectivity index (χ1) is 25.3. The van der Waals surface area contributed by atoms with Crippen LogP contribution in [0.1, 0.15) is 105 Å². The molecule has 2 aliphatic carbocycles. The van der Waals surface area contributed by atoms with Crippen molar-refractivity contribution in [2.45, 2.75) is 96.1 Å². The van der Waals surface area contributed by atoms with Crippen molar-refractivity contribution < 1.29 is 32.3 Å². The highest BCUT2D eigenvalue weighted by atomic mass is 32.2. The Kier molecular flexibility index (Phi) is 9.03. The summed E-state index contributed by atoms with van der Waals surface area (Å²) in [5.41, 5.74) is 4.27. The van der Waals surface area contributed by atoms with Crippen LogP contribution in [0.25, 0.3) is 22.2 Å². The molecule has 1 aromatic heterocycles. The van der Waals surface area contributed by atoms with Gasteiger partial charge in [0.25, 0.3) is 5.91 Å². The van der Waals surface area contributed by atoms with Gasteiger partial charge in [0.1, 0.15) is 11.4 Å². The molecule has 4 fully saturated rings. The van der Waals surface area contributed by atoms with E-state index in [9.17, 15) is 22.8 Å². The van der Waals surface area contributed by atoms with Crippen molar-refractivity contribution in [2.75, 3.05) is 46.4 Å². The Morgan fingerprint density at radius 2 is 1.58 bits per heavy atom. The summed E-state index contributed by atoms with van der Waals surface area (Å²) in [7, 11) is -2.27. The molecule has 4 heterocycles. The SMILES string of the molecule is COc1ccc2c(c1)C1CC1(C(=O)N1CCCN(C(=O)OC(C)(C)C)CC1)Cn1c-2c(C2CCCCC2)c2ccc(C(=O)NS(=O)(=O)N3CCC3)cc21. The lowest BCUT2D eigenvalue weighted by Crippen LogP contribution is -2.49. The second-order valence-corrected chi connectivity index (χ2v) is 18.3. The molecule has 3 amide bonds. The van der Waals surface area contributed by atoms with Gasteiger partial charge >= 0.3 is 16.3 Å². The van der Waals surface area contributed by atoms with Gasteiger partial charge < -0.3 is 23.8 Å². The minimum atomic E-state index is -3.93. The van der Waals surface area contributed by atoms with Crippen LogP contribution in [0.3, 0.4) is 0 Å². The zero-order valence-corrected chi connectivity index (χ0v) is 32.1. The van der Waals surface area contributed by atoms with Gasteiger partial charge in [-0.15, -0.1) is 0 Å². The summed E-state index contributed by atoms with van der Waals surface area (Å²) >= 11 is 0. The summed E-state index contributed by atoms with van der Waals surface area (Å²) in [6.45, 7) is 8.66. The zero-order valence-electron chi connectivity index (χ0n) is 31.3. The predicted molar refractivity (Wildman–Crippen MR) is 201 cm³/mol. The summed E-state index contributed by atoms with van der Waals surface area (Å²) < 4.78 is 43.0. The average molecular weight is 746 g/mol. The van der Waals surface area contributed by atoms with Gasteiger partial charge in [-0.25, -0.2) is 9.52 Å². The standard InChI is InChI=1S/C40H51N5O7S/c1-39(2,3)52-38(48)43-17-8-16-42(20-21-43)37(47)40-24-32(40)31-23-28(51-4)13-15-29(31)35-34(26-10-6-5-7-11-26)30-14-12-27(22-33(30)45(35)25-40)36(46)41-53(49,50)44-18-9-19-44/h12-15,22-23,26,32H,5-11,16-21,24-25H2,1-4H3,(H,41,46). The molecule has 3 aromatic rings. The number of amides is 3. The lowest BCUT2D eigenvalue weighted by molar-refractivity contribution is -0.137. The first-order valence-electron chi connectivity index (χ1n) is 19.2. The number of hydrogen-bond acceptors (Lipinski definition) is 7. The van der Waals surface area contributed by atoms with Gasteiger partial charge in [0, 0.05) is 73.8 Å². The third kappa shape index (κ3) is 6.47. The average Bonchev–Trinajstić information content (AvgIpc) is 3.82. The molecule has 3 aliphatic heterocycles. The number of carbonyl (C=O) groups is 3. The first kappa shape index (κ1) is 35.9. The molecule has 2 saturated carbocycles. The number of carbonyl (C=O) groups excluding carboxylic acids is 3. The minimum absolute atomic E-state index is 0.0346. The largest absolute Gasteiger partial charge is 0.497 e. The predicted octanol–water partition coefficient (Wildman–Crippen LogP) is 6.00. The van der Waals surface area contributed by atoms with Gasteiger partial charge in [0.2, 0.25) is 5.91 Å². The summed E-state index contributed by atoms with van der Waals surface area (Å²) in [5, 5.41) is 1.04. The highest BCUT2D eigenvalue weighted by molar-refractivity contribution is 7.87. The third-order valence-electron chi connectivity index (χ3n) is 12.0. The van der Waals surface area contributed by atoms with Crippen molar-refractivity contribution in [1.82, 2.24) is 23.4 Å². The van der Waals surface area contributed by atoms with E-state index in [0.29, 0.717) is 64.6 Å². The number of nitrogens with one attached hydrogen (secondary N) is 1. The molecule has 2 unspecified atom stereocenters. The Morgan fingerprint density at radius 1 is 0.868 bits per heavy atom. The van der Waals surface area contributed by atoms with Crippen molar-refractivity contribution in [3.63, 3.8) is 0 Å². The third-order valence-corrected chi connectivity index (χ3v) is 13.5. The van der Waals surface area contributed by atoms with Crippen molar-refractivity contribution in [1.29, 1.82) is 0 Å². The molecule has 13 heteroatoms. The van der Waals surface area contributed by atoms with E-state index in [1.165, 1.54) is 16.3 Å². The molecule has 53 heavy (non-hydrogen) atoms. The highest BCUT2D eigenvalue weighted by Gasteiger charge is 2.64. The summed E-state index contributed by atoms with van der Waals surface area (Å²) in [5.74, 6) is 0.431. The quantitative estimate of drug-likeness (QED) is 0.328. The molecule has 12 nitrogen and oxygen atoms in total. The second-order valence-electron chi connectivity index (χ2n) is 16.6. The molecule has 0 spiro atoms. The maximum atomic E-state index is 15.0. The van der Waals surface area contributed by atoms with Crippen LogP contribution in [0.15, 0.2) is 36.4 Å². The van der Waals surface area contributed by atoms with E-state index in [1.54, 1.807) is 18.1 Å². The van der Waals surface area contributed by atoms with E-state index >= 15 is 0 Å². The second kappa shape index (κ2) is 13.3. The lowest BCUT2D eigenvalue weighted by Gasteiger charge is -2.29. The Morgan fingerprint density at radius 3 is 2.28 bits per heavy atom. The summed E-state index contributed by atoms with van der Waals surface area (Å²) in [6.07, 6.45) is 7.34. The lowest BCUT2D eigenvalue weighted by atomic mass is 9.81. The van der Waals surface area contributed by atoms with Gasteiger partial charge in [-0.3, -0.25) is 9.59 Å². The molecule has 284 valence electrons. The van der Waals surface area contributed by atoms with Crippen LogP contribution < -0.4 is 9.46 Å². The molecule has 2 saturated heterocycles. The Labute approximate surface area is 311 Å². The van der Waals surface area contributed by atoms with Crippen LogP contribution in [0.4, 0.5) is 4.79 Å². The molecule has 2 aromatic carbocycles. The van der Waals surface area contributed by atoms with Gasteiger partial charge in [-0.05, 0) is 100 Å². The van der Waals surface area contributed by atoms with E-state index in [-0.39, 0.29) is 23.5 Å². The van der Waals surface area contributed by atoms with Crippen LogP contribution >= 0.6 is 0 Å². The molecule has 1 N–H and O–H groups in total. The molecular formula is C40H51N5O7S.